The fourth-order valence-electron chi connectivity index (χ4n) is 4.41. The Balaban J connectivity index is 1.41. The molecule has 0 aromatic heterocycles. The van der Waals surface area contributed by atoms with E-state index in [0.29, 0.717) is 13.1 Å². The maximum absolute atomic E-state index is 13.5. The Morgan fingerprint density at radius 2 is 1.34 bits per heavy atom. The molecule has 32 heavy (non-hydrogen) atoms. The van der Waals surface area contributed by atoms with Gasteiger partial charge in [-0.25, -0.2) is 13.6 Å². The van der Waals surface area contributed by atoms with Crippen LogP contribution in [0.15, 0.2) is 48.5 Å². The van der Waals surface area contributed by atoms with Crippen LogP contribution in [0, 0.1) is 11.6 Å². The van der Waals surface area contributed by atoms with Gasteiger partial charge in [0.05, 0.1) is 6.04 Å². The summed E-state index contributed by atoms with van der Waals surface area (Å²) >= 11 is 0. The first kappa shape index (κ1) is 22.4. The third kappa shape index (κ3) is 4.66. The average molecular weight is 443 g/mol. The number of nitrogens with zero attached hydrogens (tertiary/aromatic N) is 3. The summed E-state index contributed by atoms with van der Waals surface area (Å²) in [6.07, 6.45) is 0. The smallest absolute Gasteiger partial charge is 0.324 e. The Hall–Kier alpha value is -2.84. The number of nitrogens with one attached hydrogen (secondary N) is 1. The number of carbonyl (C=O) groups excluding carboxylic acids is 2. The Morgan fingerprint density at radius 3 is 1.78 bits per heavy atom. The summed E-state index contributed by atoms with van der Waals surface area (Å²) < 4.78 is 27.0. The second-order valence-corrected chi connectivity index (χ2v) is 8.90. The second-order valence-electron chi connectivity index (χ2n) is 8.90. The lowest BCUT2D eigenvalue weighted by Crippen LogP contribution is -2.50. The van der Waals surface area contributed by atoms with Crippen LogP contribution in [0.4, 0.5) is 13.6 Å². The van der Waals surface area contributed by atoms with Crippen molar-refractivity contribution >= 4 is 11.9 Å². The number of amides is 3. The highest BCUT2D eigenvalue weighted by Gasteiger charge is 2.44. The van der Waals surface area contributed by atoms with Gasteiger partial charge in [0.1, 0.15) is 17.2 Å². The van der Waals surface area contributed by atoms with Crippen molar-refractivity contribution in [1.29, 1.82) is 0 Å². The quantitative estimate of drug-likeness (QED) is 0.699. The molecule has 2 fully saturated rings. The van der Waals surface area contributed by atoms with Gasteiger partial charge in [0, 0.05) is 39.3 Å². The lowest BCUT2D eigenvalue weighted by molar-refractivity contribution is -0.130. The van der Waals surface area contributed by atoms with E-state index < -0.39 is 5.54 Å². The van der Waals surface area contributed by atoms with Crippen molar-refractivity contribution in [3.05, 3.63) is 71.3 Å². The summed E-state index contributed by atoms with van der Waals surface area (Å²) in [6.45, 7) is 7.43. The summed E-state index contributed by atoms with van der Waals surface area (Å²) in [5.74, 6) is -0.783. The number of carbonyl (C=O) groups is 2. The number of benzene rings is 2. The van der Waals surface area contributed by atoms with Gasteiger partial charge in [-0.2, -0.15) is 0 Å². The molecule has 0 spiro atoms. The summed E-state index contributed by atoms with van der Waals surface area (Å²) in [6, 6.07) is 12.4. The molecule has 1 N–H and O–H groups in total. The normalized spacial score (nSPS) is 19.6. The Labute approximate surface area is 186 Å². The number of halogens is 2. The molecular formula is C24H28F2N4O2. The minimum Gasteiger partial charge on any atom is -0.324 e. The van der Waals surface area contributed by atoms with E-state index in [-0.39, 0.29) is 29.6 Å². The molecule has 8 heteroatoms. The van der Waals surface area contributed by atoms with Gasteiger partial charge in [-0.3, -0.25) is 19.5 Å². The molecular weight excluding hydrogens is 414 g/mol. The molecule has 2 heterocycles. The highest BCUT2D eigenvalue weighted by atomic mass is 19.1. The third-order valence-electron chi connectivity index (χ3n) is 6.23. The number of imide groups is 1. The summed E-state index contributed by atoms with van der Waals surface area (Å²) in [7, 11) is 0. The van der Waals surface area contributed by atoms with Crippen molar-refractivity contribution in [3.8, 4) is 0 Å². The van der Waals surface area contributed by atoms with Gasteiger partial charge in [-0.1, -0.05) is 24.3 Å². The van der Waals surface area contributed by atoms with E-state index in [9.17, 15) is 18.4 Å². The van der Waals surface area contributed by atoms with E-state index in [0.717, 1.165) is 37.3 Å². The molecule has 0 unspecified atom stereocenters. The Morgan fingerprint density at radius 1 is 0.844 bits per heavy atom. The van der Waals surface area contributed by atoms with E-state index in [1.165, 1.54) is 29.2 Å². The van der Waals surface area contributed by atoms with Crippen molar-refractivity contribution < 1.29 is 18.4 Å². The van der Waals surface area contributed by atoms with Gasteiger partial charge >= 0.3 is 6.03 Å². The molecule has 3 amide bonds. The second kappa shape index (κ2) is 8.96. The summed E-state index contributed by atoms with van der Waals surface area (Å²) in [5.41, 5.74) is 1.05. The number of hydrogen-bond acceptors (Lipinski definition) is 4. The van der Waals surface area contributed by atoms with E-state index in [4.69, 9.17) is 0 Å². The first-order valence-corrected chi connectivity index (χ1v) is 10.9. The minimum absolute atomic E-state index is 0.106. The number of piperazine rings is 1. The fourth-order valence-corrected chi connectivity index (χ4v) is 4.41. The van der Waals surface area contributed by atoms with Crippen LogP contribution in [-0.4, -0.2) is 71.4 Å². The van der Waals surface area contributed by atoms with Crippen molar-refractivity contribution in [1.82, 2.24) is 20.0 Å². The van der Waals surface area contributed by atoms with Crippen molar-refractivity contribution in [2.45, 2.75) is 25.4 Å². The van der Waals surface area contributed by atoms with Crippen LogP contribution < -0.4 is 5.32 Å². The first-order chi connectivity index (χ1) is 15.2. The minimum atomic E-state index is -0.854. The van der Waals surface area contributed by atoms with Crippen molar-refractivity contribution in [3.63, 3.8) is 0 Å². The van der Waals surface area contributed by atoms with Crippen LogP contribution in [0.5, 0.6) is 0 Å². The van der Waals surface area contributed by atoms with E-state index in [1.807, 2.05) is 0 Å². The van der Waals surface area contributed by atoms with Gasteiger partial charge in [-0.05, 0) is 49.2 Å². The maximum Gasteiger partial charge on any atom is 0.325 e. The predicted molar refractivity (Wildman–Crippen MR) is 117 cm³/mol. The van der Waals surface area contributed by atoms with Crippen molar-refractivity contribution in [2.24, 2.45) is 0 Å². The highest BCUT2D eigenvalue weighted by Crippen LogP contribution is 2.30. The fraction of sp³-hybridized carbons (Fsp3) is 0.417. The lowest BCUT2D eigenvalue weighted by atomic mass is 9.96. The Bertz CT molecular complexity index is 925. The molecule has 0 saturated carbocycles. The zero-order chi connectivity index (χ0) is 22.9. The standard InChI is InChI=1S/C24H28F2N4O2/c1-24(2)22(31)30(23(32)27-24)16-13-28-11-14-29(15-12-28)21(17-3-7-19(25)8-4-17)18-5-9-20(26)10-6-18/h3-10,21H,11-16H2,1-2H3,(H,27,32). The van der Waals surface area contributed by atoms with Gasteiger partial charge < -0.3 is 5.32 Å². The molecule has 2 aromatic rings. The number of rotatable bonds is 6. The highest BCUT2D eigenvalue weighted by molar-refractivity contribution is 6.06. The molecule has 2 saturated heterocycles. The largest absolute Gasteiger partial charge is 0.325 e. The zero-order valence-corrected chi connectivity index (χ0v) is 18.4. The first-order valence-electron chi connectivity index (χ1n) is 10.9. The molecule has 0 bridgehead atoms. The Kier molecular flexibility index (Phi) is 6.26. The lowest BCUT2D eigenvalue weighted by Gasteiger charge is -2.40. The molecule has 170 valence electrons. The molecule has 0 atom stereocenters. The number of urea groups is 1. The van der Waals surface area contributed by atoms with E-state index in [1.54, 1.807) is 38.1 Å². The number of hydrogen-bond donors (Lipinski definition) is 1. The average Bonchev–Trinajstić information content (AvgIpc) is 2.96. The van der Waals surface area contributed by atoms with Crippen LogP contribution in [0.1, 0.15) is 31.0 Å². The van der Waals surface area contributed by atoms with Gasteiger partial charge in [-0.15, -0.1) is 0 Å². The molecule has 2 aromatic carbocycles. The van der Waals surface area contributed by atoms with Crippen molar-refractivity contribution in [2.75, 3.05) is 39.3 Å². The van der Waals surface area contributed by atoms with Crippen LogP contribution in [0.2, 0.25) is 0 Å². The van der Waals surface area contributed by atoms with Crippen LogP contribution in [0.25, 0.3) is 0 Å². The molecule has 2 aliphatic heterocycles. The van der Waals surface area contributed by atoms with E-state index in [2.05, 4.69) is 15.1 Å². The third-order valence-corrected chi connectivity index (χ3v) is 6.23. The molecule has 0 radical (unpaired) electrons. The summed E-state index contributed by atoms with van der Waals surface area (Å²) in [4.78, 5) is 30.3. The van der Waals surface area contributed by atoms with E-state index >= 15 is 0 Å². The van der Waals surface area contributed by atoms with Gasteiger partial charge in [0.25, 0.3) is 5.91 Å². The van der Waals surface area contributed by atoms with Gasteiger partial charge in [0.15, 0.2) is 0 Å². The predicted octanol–water partition coefficient (Wildman–Crippen LogP) is 3.00. The SMILES string of the molecule is CC1(C)NC(=O)N(CCN2CCN(C(c3ccc(F)cc3)c3ccc(F)cc3)CC2)C1=O. The molecule has 0 aliphatic carbocycles. The van der Waals surface area contributed by atoms with Gasteiger partial charge in [0.2, 0.25) is 0 Å². The summed E-state index contributed by atoms with van der Waals surface area (Å²) in [5, 5.41) is 2.70. The van der Waals surface area contributed by atoms with Crippen LogP contribution >= 0.6 is 0 Å². The van der Waals surface area contributed by atoms with Crippen LogP contribution in [-0.2, 0) is 4.79 Å². The molecule has 2 aliphatic rings. The monoisotopic (exact) mass is 442 g/mol. The van der Waals surface area contributed by atoms with Crippen LogP contribution in [0.3, 0.4) is 0 Å². The molecule has 4 rings (SSSR count). The topological polar surface area (TPSA) is 55.9 Å². The zero-order valence-electron chi connectivity index (χ0n) is 18.4. The molecule has 6 nitrogen and oxygen atoms in total. The maximum atomic E-state index is 13.5.